The summed E-state index contributed by atoms with van der Waals surface area (Å²) in [5.41, 5.74) is 5.97. The van der Waals surface area contributed by atoms with Gasteiger partial charge in [-0.05, 0) is 0 Å². The normalized spacial score (nSPS) is 11.7. The van der Waals surface area contributed by atoms with E-state index in [9.17, 15) is 4.79 Å². The Morgan fingerprint density at radius 3 is 2.92 bits per heavy atom. The molecule has 13 heavy (non-hydrogen) atoms. The lowest BCUT2D eigenvalue weighted by Gasteiger charge is -1.95. The Balaban J connectivity index is 3.02. The molecule has 1 aromatic heterocycles. The smallest absolute Gasteiger partial charge is 0.180 e. The monoisotopic (exact) mass is 199 g/mol. The van der Waals surface area contributed by atoms with Crippen LogP contribution in [0.1, 0.15) is 12.6 Å². The first kappa shape index (κ1) is 9.82. The number of aliphatic imine (C=N–C) groups is 1. The van der Waals surface area contributed by atoms with Crippen molar-refractivity contribution in [2.24, 2.45) is 4.99 Å². The van der Waals surface area contributed by atoms with Gasteiger partial charge in [-0.25, -0.2) is 4.98 Å². The SMILES string of the molecule is CC(=O)/C(=N/CO)c1csc(N)n1. The van der Waals surface area contributed by atoms with Gasteiger partial charge in [0.1, 0.15) is 18.1 Å². The molecular formula is C7H9N3O2S. The molecule has 0 saturated carbocycles. The molecule has 0 amide bonds. The Morgan fingerprint density at radius 2 is 2.54 bits per heavy atom. The standard InChI is InChI=1S/C7H9N3O2S/c1-4(12)6(9-3-11)5-2-13-7(8)10-5/h2,11H,3H2,1H3,(H2,8,10)/b9-6-. The van der Waals surface area contributed by atoms with E-state index in [0.29, 0.717) is 10.8 Å². The molecule has 0 atom stereocenters. The van der Waals surface area contributed by atoms with Crippen molar-refractivity contribution in [3.63, 3.8) is 0 Å². The molecule has 0 aliphatic heterocycles. The number of nitrogen functional groups attached to an aromatic ring is 1. The van der Waals surface area contributed by atoms with Gasteiger partial charge in [-0.3, -0.25) is 9.79 Å². The van der Waals surface area contributed by atoms with Gasteiger partial charge in [-0.2, -0.15) is 0 Å². The third-order valence-electron chi connectivity index (χ3n) is 1.33. The van der Waals surface area contributed by atoms with Crippen molar-refractivity contribution in [3.8, 4) is 0 Å². The van der Waals surface area contributed by atoms with Crippen molar-refractivity contribution in [1.29, 1.82) is 0 Å². The highest BCUT2D eigenvalue weighted by molar-refractivity contribution is 7.13. The maximum absolute atomic E-state index is 11.0. The zero-order valence-corrected chi connectivity index (χ0v) is 7.84. The van der Waals surface area contributed by atoms with Gasteiger partial charge in [0.15, 0.2) is 10.9 Å². The van der Waals surface area contributed by atoms with Crippen LogP contribution in [0.4, 0.5) is 5.13 Å². The summed E-state index contributed by atoms with van der Waals surface area (Å²) in [6.07, 6.45) is 0. The average Bonchev–Trinajstić information content (AvgIpc) is 2.46. The van der Waals surface area contributed by atoms with Crippen LogP contribution >= 0.6 is 11.3 Å². The summed E-state index contributed by atoms with van der Waals surface area (Å²) in [6, 6.07) is 0. The van der Waals surface area contributed by atoms with Crippen LogP contribution in [0.15, 0.2) is 10.4 Å². The molecule has 0 aliphatic rings. The molecule has 6 heteroatoms. The van der Waals surface area contributed by atoms with E-state index in [4.69, 9.17) is 10.8 Å². The quantitative estimate of drug-likeness (QED) is 0.673. The second kappa shape index (κ2) is 4.11. The van der Waals surface area contributed by atoms with E-state index >= 15 is 0 Å². The van der Waals surface area contributed by atoms with Crippen LogP contribution in [0, 0.1) is 0 Å². The molecule has 0 radical (unpaired) electrons. The van der Waals surface area contributed by atoms with Gasteiger partial charge in [-0.1, -0.05) is 0 Å². The van der Waals surface area contributed by atoms with Crippen molar-refractivity contribution in [2.45, 2.75) is 6.92 Å². The van der Waals surface area contributed by atoms with Crippen LogP contribution in [-0.4, -0.2) is 28.3 Å². The van der Waals surface area contributed by atoms with Crippen LogP contribution in [0.3, 0.4) is 0 Å². The van der Waals surface area contributed by atoms with E-state index < -0.39 is 6.73 Å². The molecule has 1 rings (SSSR count). The second-order valence-corrected chi connectivity index (χ2v) is 3.16. The van der Waals surface area contributed by atoms with E-state index in [-0.39, 0.29) is 11.5 Å². The number of aliphatic hydroxyl groups is 1. The molecule has 5 nitrogen and oxygen atoms in total. The van der Waals surface area contributed by atoms with E-state index in [1.54, 1.807) is 5.38 Å². The number of rotatable bonds is 3. The van der Waals surface area contributed by atoms with Crippen LogP contribution in [0.2, 0.25) is 0 Å². The van der Waals surface area contributed by atoms with Crippen molar-refractivity contribution < 1.29 is 9.90 Å². The summed E-state index contributed by atoms with van der Waals surface area (Å²) in [4.78, 5) is 18.5. The predicted molar refractivity (Wildman–Crippen MR) is 50.8 cm³/mol. The summed E-state index contributed by atoms with van der Waals surface area (Å²) < 4.78 is 0. The van der Waals surface area contributed by atoms with Crippen LogP contribution in [0.5, 0.6) is 0 Å². The zero-order chi connectivity index (χ0) is 9.84. The molecule has 0 aromatic carbocycles. The highest BCUT2D eigenvalue weighted by Crippen LogP contribution is 2.12. The van der Waals surface area contributed by atoms with Crippen LogP contribution in [-0.2, 0) is 4.79 Å². The Labute approximate surface area is 78.9 Å². The highest BCUT2D eigenvalue weighted by atomic mass is 32.1. The number of aromatic nitrogens is 1. The largest absolute Gasteiger partial charge is 0.375 e. The summed E-state index contributed by atoms with van der Waals surface area (Å²) in [5.74, 6) is -0.237. The Kier molecular flexibility index (Phi) is 3.10. The molecule has 3 N–H and O–H groups in total. The summed E-state index contributed by atoms with van der Waals surface area (Å²) >= 11 is 1.23. The lowest BCUT2D eigenvalue weighted by Crippen LogP contribution is -2.13. The Morgan fingerprint density at radius 1 is 1.85 bits per heavy atom. The molecule has 0 spiro atoms. The minimum Gasteiger partial charge on any atom is -0.375 e. The van der Waals surface area contributed by atoms with Crippen LogP contribution < -0.4 is 5.73 Å². The van der Waals surface area contributed by atoms with Gasteiger partial charge in [0.05, 0.1) is 0 Å². The molecule has 0 unspecified atom stereocenters. The average molecular weight is 199 g/mol. The van der Waals surface area contributed by atoms with Gasteiger partial charge >= 0.3 is 0 Å². The first-order valence-electron chi connectivity index (χ1n) is 3.52. The Hall–Kier alpha value is -1.27. The number of nitrogens with zero attached hydrogens (tertiary/aromatic N) is 2. The fourth-order valence-corrected chi connectivity index (χ4v) is 1.39. The summed E-state index contributed by atoms with van der Waals surface area (Å²) in [7, 11) is 0. The summed E-state index contributed by atoms with van der Waals surface area (Å²) in [5, 5.41) is 10.6. The maximum atomic E-state index is 11.0. The minimum atomic E-state index is -0.424. The number of hydrogen-bond donors (Lipinski definition) is 2. The fourth-order valence-electron chi connectivity index (χ4n) is 0.840. The number of aliphatic hydroxyl groups excluding tert-OH is 1. The number of ketones is 1. The number of nitrogens with two attached hydrogens (primary N) is 1. The van der Waals surface area contributed by atoms with Gasteiger partial charge in [0.25, 0.3) is 0 Å². The van der Waals surface area contributed by atoms with Crippen molar-refractivity contribution in [2.75, 3.05) is 12.5 Å². The molecule has 1 aromatic rings. The van der Waals surface area contributed by atoms with Crippen LogP contribution in [0.25, 0.3) is 0 Å². The van der Waals surface area contributed by atoms with E-state index in [2.05, 4.69) is 9.98 Å². The highest BCUT2D eigenvalue weighted by Gasteiger charge is 2.11. The van der Waals surface area contributed by atoms with Crippen molar-refractivity contribution in [1.82, 2.24) is 4.98 Å². The molecule has 0 saturated heterocycles. The maximum Gasteiger partial charge on any atom is 0.180 e. The molecular weight excluding hydrogens is 190 g/mol. The topological polar surface area (TPSA) is 88.6 Å². The number of carbonyl (C=O) groups is 1. The van der Waals surface area contributed by atoms with E-state index in [1.165, 1.54) is 18.3 Å². The van der Waals surface area contributed by atoms with Gasteiger partial charge in [0.2, 0.25) is 0 Å². The van der Waals surface area contributed by atoms with E-state index in [1.807, 2.05) is 0 Å². The molecule has 70 valence electrons. The first-order chi connectivity index (χ1) is 6.15. The lowest BCUT2D eigenvalue weighted by molar-refractivity contribution is -0.111. The van der Waals surface area contributed by atoms with E-state index in [0.717, 1.165) is 0 Å². The first-order valence-corrected chi connectivity index (χ1v) is 4.40. The summed E-state index contributed by atoms with van der Waals surface area (Å²) in [6.45, 7) is 0.941. The zero-order valence-electron chi connectivity index (χ0n) is 7.02. The number of thiazole rings is 1. The number of carbonyl (C=O) groups excluding carboxylic acids is 1. The molecule has 0 bridgehead atoms. The van der Waals surface area contributed by atoms with Gasteiger partial charge < -0.3 is 10.8 Å². The second-order valence-electron chi connectivity index (χ2n) is 2.28. The van der Waals surface area contributed by atoms with Crippen molar-refractivity contribution >= 4 is 28.0 Å². The van der Waals surface area contributed by atoms with Crippen molar-refractivity contribution in [3.05, 3.63) is 11.1 Å². The van der Waals surface area contributed by atoms with Gasteiger partial charge in [0, 0.05) is 12.3 Å². The minimum absolute atomic E-state index is 0.162. The number of anilines is 1. The number of hydrogen-bond acceptors (Lipinski definition) is 6. The fraction of sp³-hybridized carbons (Fsp3) is 0.286. The third kappa shape index (κ3) is 2.33. The number of Topliss-reactive ketones (excluding diaryl/α,β-unsaturated/α-hetero) is 1. The molecule has 0 fully saturated rings. The lowest BCUT2D eigenvalue weighted by atomic mass is 10.2. The third-order valence-corrected chi connectivity index (χ3v) is 2.00. The Bertz CT molecular complexity index is 345. The molecule has 0 aliphatic carbocycles. The van der Waals surface area contributed by atoms with Gasteiger partial charge in [-0.15, -0.1) is 11.3 Å². The molecule has 1 heterocycles. The predicted octanol–water partition coefficient (Wildman–Crippen LogP) is 0.0532.